The second-order valence-corrected chi connectivity index (χ2v) is 4.89. The number of fused-ring (bicyclic) bond motifs is 1. The Labute approximate surface area is 70.4 Å². The summed E-state index contributed by atoms with van der Waals surface area (Å²) in [7, 11) is 0. The van der Waals surface area contributed by atoms with Crippen LogP contribution < -0.4 is 0 Å². The highest BCUT2D eigenvalue weighted by Crippen LogP contribution is 2.69. The highest BCUT2D eigenvalue weighted by Gasteiger charge is 2.62. The van der Waals surface area contributed by atoms with E-state index in [1.165, 1.54) is 12.8 Å². The monoisotopic (exact) mass is 152 g/mol. The predicted octanol–water partition coefficient (Wildman–Crippen LogP) is 3.32. The van der Waals surface area contributed by atoms with Gasteiger partial charge < -0.3 is 0 Å². The summed E-state index contributed by atoms with van der Waals surface area (Å²) in [6.07, 6.45) is 2.95. The van der Waals surface area contributed by atoms with Crippen molar-refractivity contribution in [3.05, 3.63) is 0 Å². The van der Waals surface area contributed by atoms with Gasteiger partial charge in [-0.05, 0) is 41.9 Å². The van der Waals surface area contributed by atoms with E-state index in [4.69, 9.17) is 0 Å². The van der Waals surface area contributed by atoms with Gasteiger partial charge in [-0.2, -0.15) is 0 Å². The van der Waals surface area contributed by atoms with Crippen LogP contribution in [0, 0.1) is 29.1 Å². The molecule has 0 N–H and O–H groups in total. The van der Waals surface area contributed by atoms with Gasteiger partial charge >= 0.3 is 0 Å². The third-order valence-electron chi connectivity index (χ3n) is 5.19. The van der Waals surface area contributed by atoms with Crippen molar-refractivity contribution < 1.29 is 0 Å². The fourth-order valence-electron chi connectivity index (χ4n) is 3.99. The van der Waals surface area contributed by atoms with E-state index in [1.807, 2.05) is 0 Å². The van der Waals surface area contributed by atoms with E-state index in [1.54, 1.807) is 0 Å². The number of rotatable bonds is 1. The van der Waals surface area contributed by atoms with Crippen molar-refractivity contribution in [3.63, 3.8) is 0 Å². The summed E-state index contributed by atoms with van der Waals surface area (Å²) in [4.78, 5) is 0. The molecule has 2 bridgehead atoms. The lowest BCUT2D eigenvalue weighted by atomic mass is 9.58. The molecular weight excluding hydrogens is 132 g/mol. The lowest BCUT2D eigenvalue weighted by Crippen LogP contribution is -2.40. The molecule has 3 aliphatic rings. The van der Waals surface area contributed by atoms with Gasteiger partial charge in [-0.15, -0.1) is 0 Å². The van der Waals surface area contributed by atoms with E-state index in [0.717, 1.165) is 29.1 Å². The van der Waals surface area contributed by atoms with Crippen molar-refractivity contribution in [3.8, 4) is 0 Å². The maximum Gasteiger partial charge on any atom is -0.0241 e. The molecule has 0 aromatic carbocycles. The van der Waals surface area contributed by atoms with Gasteiger partial charge in [0.15, 0.2) is 0 Å². The molecule has 0 heterocycles. The summed E-state index contributed by atoms with van der Waals surface area (Å²) in [6, 6.07) is 0. The highest BCUT2D eigenvalue weighted by atomic mass is 14.7. The smallest absolute Gasteiger partial charge is 0.0241 e. The Kier molecular flexibility index (Phi) is 1.41. The third-order valence-corrected chi connectivity index (χ3v) is 5.19. The van der Waals surface area contributed by atoms with Gasteiger partial charge in [-0.1, -0.05) is 27.7 Å². The summed E-state index contributed by atoms with van der Waals surface area (Å²) >= 11 is 0. The minimum absolute atomic E-state index is 0.768. The molecule has 0 spiro atoms. The Morgan fingerprint density at radius 1 is 1.18 bits per heavy atom. The zero-order valence-electron chi connectivity index (χ0n) is 8.22. The van der Waals surface area contributed by atoms with Crippen LogP contribution in [0.4, 0.5) is 0 Å². The molecular formula is C11H20. The van der Waals surface area contributed by atoms with Crippen LogP contribution in [-0.4, -0.2) is 0 Å². The number of hydrogen-bond acceptors (Lipinski definition) is 0. The SMILES string of the molecule is CCC12CC(C(C)C1C)C2C. The lowest BCUT2D eigenvalue weighted by Gasteiger charge is -2.47. The Balaban J connectivity index is 2.26. The van der Waals surface area contributed by atoms with Crippen molar-refractivity contribution in [1.82, 2.24) is 0 Å². The van der Waals surface area contributed by atoms with Crippen LogP contribution in [0.2, 0.25) is 0 Å². The Morgan fingerprint density at radius 2 is 1.82 bits per heavy atom. The summed E-state index contributed by atoms with van der Waals surface area (Å²) in [6.45, 7) is 9.77. The first-order valence-electron chi connectivity index (χ1n) is 5.13. The summed E-state index contributed by atoms with van der Waals surface area (Å²) in [5.74, 6) is 4.10. The molecule has 3 rings (SSSR count). The third kappa shape index (κ3) is 0.625. The van der Waals surface area contributed by atoms with Crippen LogP contribution in [0.5, 0.6) is 0 Å². The van der Waals surface area contributed by atoms with Gasteiger partial charge in [0.2, 0.25) is 0 Å². The van der Waals surface area contributed by atoms with Crippen molar-refractivity contribution in [2.45, 2.75) is 40.5 Å². The first-order chi connectivity index (χ1) is 5.13. The quantitative estimate of drug-likeness (QED) is 0.540. The molecule has 3 fully saturated rings. The fraction of sp³-hybridized carbons (Fsp3) is 1.00. The van der Waals surface area contributed by atoms with Gasteiger partial charge in [0.05, 0.1) is 0 Å². The standard InChI is InChI=1S/C11H20/c1-5-11-6-10(9(11)4)7(2)8(11)3/h7-10H,5-6H2,1-4H3. The van der Waals surface area contributed by atoms with Crippen LogP contribution in [-0.2, 0) is 0 Å². The Morgan fingerprint density at radius 3 is 2.00 bits per heavy atom. The van der Waals surface area contributed by atoms with Crippen molar-refractivity contribution in [1.29, 1.82) is 0 Å². The lowest BCUT2D eigenvalue weighted by molar-refractivity contribution is 0.0176. The normalized spacial score (nSPS) is 61.1. The second kappa shape index (κ2) is 2.02. The number of hydrogen-bond donors (Lipinski definition) is 0. The van der Waals surface area contributed by atoms with Crippen molar-refractivity contribution in [2.24, 2.45) is 29.1 Å². The van der Waals surface area contributed by atoms with Gasteiger partial charge in [-0.3, -0.25) is 0 Å². The van der Waals surface area contributed by atoms with Gasteiger partial charge in [0, 0.05) is 0 Å². The van der Waals surface area contributed by atoms with E-state index >= 15 is 0 Å². The summed E-state index contributed by atoms with van der Waals surface area (Å²) in [5.41, 5.74) is 0.768. The maximum atomic E-state index is 2.47. The first kappa shape index (κ1) is 7.64. The summed E-state index contributed by atoms with van der Waals surface area (Å²) < 4.78 is 0. The Hall–Kier alpha value is 0. The summed E-state index contributed by atoms with van der Waals surface area (Å²) in [5, 5.41) is 0. The van der Waals surface area contributed by atoms with Gasteiger partial charge in [0.25, 0.3) is 0 Å². The van der Waals surface area contributed by atoms with E-state index in [-0.39, 0.29) is 0 Å². The van der Waals surface area contributed by atoms with Crippen LogP contribution >= 0.6 is 0 Å². The second-order valence-electron chi connectivity index (χ2n) is 4.89. The molecule has 5 unspecified atom stereocenters. The molecule has 5 atom stereocenters. The van der Waals surface area contributed by atoms with Crippen molar-refractivity contribution in [2.75, 3.05) is 0 Å². The maximum absolute atomic E-state index is 2.47. The zero-order chi connectivity index (χ0) is 8.22. The molecule has 0 heteroatoms. The van der Waals surface area contributed by atoms with Gasteiger partial charge in [-0.25, -0.2) is 0 Å². The molecule has 0 radical (unpaired) electrons. The van der Waals surface area contributed by atoms with E-state index < -0.39 is 0 Å². The average molecular weight is 152 g/mol. The molecule has 0 saturated heterocycles. The van der Waals surface area contributed by atoms with Crippen molar-refractivity contribution >= 4 is 0 Å². The van der Waals surface area contributed by atoms with Crippen LogP contribution in [0.1, 0.15) is 40.5 Å². The predicted molar refractivity (Wildman–Crippen MR) is 48.3 cm³/mol. The molecule has 3 aliphatic carbocycles. The zero-order valence-corrected chi connectivity index (χ0v) is 8.22. The van der Waals surface area contributed by atoms with E-state index in [0.29, 0.717) is 0 Å². The molecule has 0 aromatic heterocycles. The highest BCUT2D eigenvalue weighted by molar-refractivity contribution is 5.11. The molecule has 3 saturated carbocycles. The first-order valence-corrected chi connectivity index (χ1v) is 5.13. The van der Waals surface area contributed by atoms with Crippen LogP contribution in [0.15, 0.2) is 0 Å². The van der Waals surface area contributed by atoms with E-state index in [9.17, 15) is 0 Å². The van der Waals surface area contributed by atoms with Crippen LogP contribution in [0.3, 0.4) is 0 Å². The fourth-order valence-corrected chi connectivity index (χ4v) is 3.99. The molecule has 0 aliphatic heterocycles. The molecule has 11 heavy (non-hydrogen) atoms. The average Bonchev–Trinajstić information content (AvgIpc) is 2.35. The Bertz CT molecular complexity index is 173. The molecule has 0 amide bonds. The molecule has 0 nitrogen and oxygen atoms in total. The largest absolute Gasteiger partial charge is 0.0648 e. The topological polar surface area (TPSA) is 0 Å². The minimum Gasteiger partial charge on any atom is -0.0648 e. The molecule has 0 aromatic rings. The van der Waals surface area contributed by atoms with E-state index in [2.05, 4.69) is 27.7 Å². The van der Waals surface area contributed by atoms with Gasteiger partial charge in [0.1, 0.15) is 0 Å². The molecule has 64 valence electrons. The minimum atomic E-state index is 0.768. The van der Waals surface area contributed by atoms with Crippen LogP contribution in [0.25, 0.3) is 0 Å².